The number of nitrogens with zero attached hydrogens (tertiary/aromatic N) is 5. The lowest BCUT2D eigenvalue weighted by atomic mass is 9.88. The molecule has 0 atom stereocenters. The molecule has 2 saturated heterocycles. The number of pyridine rings is 1. The van der Waals surface area contributed by atoms with E-state index in [4.69, 9.17) is 4.98 Å². The summed E-state index contributed by atoms with van der Waals surface area (Å²) in [4.78, 5) is 13.3. The standard InChI is InChI=1S/C27H33F2N5S/c1-19-16-24-25(17-23(19)28)34(26(31-24)35-3)22-6-12-33(13-7-22)20(2)27(29)8-14-32(15-9-27)18-21-4-10-30-11-5-21/h4-5,10-11,16-17,22H,2,6-9,12-15,18H2,1,3H3. The van der Waals surface area contributed by atoms with Crippen molar-refractivity contribution in [2.45, 2.75) is 56.0 Å². The Labute approximate surface area is 210 Å². The van der Waals surface area contributed by atoms with Gasteiger partial charge in [-0.3, -0.25) is 9.88 Å². The summed E-state index contributed by atoms with van der Waals surface area (Å²) in [5.74, 6) is -0.202. The van der Waals surface area contributed by atoms with E-state index in [1.807, 2.05) is 24.5 Å². The number of piperidine rings is 2. The molecule has 0 spiro atoms. The van der Waals surface area contributed by atoms with Crippen molar-refractivity contribution in [3.05, 3.63) is 65.9 Å². The van der Waals surface area contributed by atoms with Gasteiger partial charge in [0.1, 0.15) is 5.82 Å². The van der Waals surface area contributed by atoms with Gasteiger partial charge in [-0.15, -0.1) is 0 Å². The van der Waals surface area contributed by atoms with Gasteiger partial charge in [-0.2, -0.15) is 0 Å². The molecule has 35 heavy (non-hydrogen) atoms. The highest BCUT2D eigenvalue weighted by Gasteiger charge is 2.40. The van der Waals surface area contributed by atoms with Gasteiger partial charge in [0.25, 0.3) is 0 Å². The number of aromatic nitrogens is 3. The molecule has 0 N–H and O–H groups in total. The van der Waals surface area contributed by atoms with Crippen LogP contribution in [-0.2, 0) is 6.54 Å². The second-order valence-electron chi connectivity index (χ2n) is 9.82. The zero-order chi connectivity index (χ0) is 24.6. The van der Waals surface area contributed by atoms with E-state index in [0.717, 1.165) is 61.8 Å². The first-order valence-corrected chi connectivity index (χ1v) is 13.6. The van der Waals surface area contributed by atoms with E-state index in [-0.39, 0.29) is 11.9 Å². The van der Waals surface area contributed by atoms with Gasteiger partial charge in [0.2, 0.25) is 0 Å². The van der Waals surface area contributed by atoms with Crippen LogP contribution in [0.25, 0.3) is 11.0 Å². The van der Waals surface area contributed by atoms with Crippen molar-refractivity contribution in [2.24, 2.45) is 0 Å². The minimum atomic E-state index is -1.35. The van der Waals surface area contributed by atoms with Crippen molar-refractivity contribution < 1.29 is 8.78 Å². The highest BCUT2D eigenvalue weighted by Crippen LogP contribution is 2.39. The van der Waals surface area contributed by atoms with E-state index >= 15 is 4.39 Å². The Morgan fingerprint density at radius 1 is 1.14 bits per heavy atom. The van der Waals surface area contributed by atoms with Crippen LogP contribution in [0.15, 0.2) is 54.1 Å². The zero-order valence-electron chi connectivity index (χ0n) is 20.5. The molecule has 0 radical (unpaired) electrons. The first-order valence-electron chi connectivity index (χ1n) is 12.3. The molecule has 186 valence electrons. The predicted molar refractivity (Wildman–Crippen MR) is 138 cm³/mol. The van der Waals surface area contributed by atoms with Crippen LogP contribution in [0.5, 0.6) is 0 Å². The molecule has 3 aromatic rings. The van der Waals surface area contributed by atoms with Gasteiger partial charge in [-0.1, -0.05) is 18.3 Å². The highest BCUT2D eigenvalue weighted by atomic mass is 32.2. The summed E-state index contributed by atoms with van der Waals surface area (Å²) in [6.45, 7) is 9.76. The van der Waals surface area contributed by atoms with Gasteiger partial charge < -0.3 is 9.47 Å². The van der Waals surface area contributed by atoms with E-state index in [0.29, 0.717) is 24.1 Å². The minimum Gasteiger partial charge on any atom is -0.373 e. The normalized spacial score (nSPS) is 19.4. The lowest BCUT2D eigenvalue weighted by molar-refractivity contribution is 0.0520. The Morgan fingerprint density at radius 2 is 1.83 bits per heavy atom. The SMILES string of the molecule is C=C(N1CCC(n2c(SC)nc3cc(C)c(F)cc32)CC1)C1(F)CCN(Cc2ccncc2)CC1. The number of imidazole rings is 1. The number of likely N-dealkylation sites (tertiary alicyclic amines) is 2. The van der Waals surface area contributed by atoms with Crippen LogP contribution < -0.4 is 0 Å². The number of thioether (sulfide) groups is 1. The maximum Gasteiger partial charge on any atom is 0.169 e. The summed E-state index contributed by atoms with van der Waals surface area (Å²) in [6.07, 6.45) is 8.27. The molecular weight excluding hydrogens is 464 g/mol. The molecule has 0 unspecified atom stereocenters. The van der Waals surface area contributed by atoms with Crippen molar-refractivity contribution in [3.8, 4) is 0 Å². The Morgan fingerprint density at radius 3 is 2.49 bits per heavy atom. The number of allylic oxidation sites excluding steroid dienone is 1. The van der Waals surface area contributed by atoms with Crippen LogP contribution in [0.4, 0.5) is 8.78 Å². The van der Waals surface area contributed by atoms with Crippen LogP contribution in [-0.4, -0.2) is 62.4 Å². The smallest absolute Gasteiger partial charge is 0.169 e. The van der Waals surface area contributed by atoms with Crippen molar-refractivity contribution >= 4 is 22.8 Å². The molecule has 0 aliphatic carbocycles. The fraction of sp³-hybridized carbons (Fsp3) is 0.481. The van der Waals surface area contributed by atoms with Gasteiger partial charge >= 0.3 is 0 Å². The molecule has 2 aromatic heterocycles. The molecule has 0 bridgehead atoms. The number of halogens is 2. The molecule has 1 aromatic carbocycles. The van der Waals surface area contributed by atoms with Crippen molar-refractivity contribution in [2.75, 3.05) is 32.4 Å². The van der Waals surface area contributed by atoms with Crippen LogP contribution in [0.3, 0.4) is 0 Å². The van der Waals surface area contributed by atoms with E-state index in [1.54, 1.807) is 37.1 Å². The molecule has 5 rings (SSSR count). The second kappa shape index (κ2) is 9.90. The molecule has 2 fully saturated rings. The zero-order valence-corrected chi connectivity index (χ0v) is 21.3. The number of rotatable bonds is 6. The number of benzene rings is 1. The van der Waals surface area contributed by atoms with Crippen molar-refractivity contribution in [1.29, 1.82) is 0 Å². The molecule has 8 heteroatoms. The molecular formula is C27H33F2N5S. The summed E-state index contributed by atoms with van der Waals surface area (Å²) in [5.41, 5.74) is 2.77. The Hall–Kier alpha value is -2.45. The summed E-state index contributed by atoms with van der Waals surface area (Å²) in [6, 6.07) is 7.68. The Kier molecular flexibility index (Phi) is 6.86. The summed E-state index contributed by atoms with van der Waals surface area (Å²) < 4.78 is 32.5. The minimum absolute atomic E-state index is 0.202. The number of fused-ring (bicyclic) bond motifs is 1. The molecule has 2 aliphatic rings. The molecule has 4 heterocycles. The van der Waals surface area contributed by atoms with Crippen LogP contribution in [0.1, 0.15) is 42.9 Å². The number of alkyl halides is 1. The van der Waals surface area contributed by atoms with Crippen LogP contribution in [0.2, 0.25) is 0 Å². The van der Waals surface area contributed by atoms with E-state index < -0.39 is 5.67 Å². The number of hydrogen-bond donors (Lipinski definition) is 0. The lowest BCUT2D eigenvalue weighted by Gasteiger charge is -2.44. The summed E-state index contributed by atoms with van der Waals surface area (Å²) >= 11 is 1.59. The van der Waals surface area contributed by atoms with Gasteiger partial charge in [0, 0.05) is 62.9 Å². The molecule has 5 nitrogen and oxygen atoms in total. The van der Waals surface area contributed by atoms with Crippen LogP contribution in [0, 0.1) is 12.7 Å². The fourth-order valence-electron chi connectivity index (χ4n) is 5.47. The maximum absolute atomic E-state index is 16.0. The second-order valence-corrected chi connectivity index (χ2v) is 10.6. The number of aryl methyl sites for hydroxylation is 1. The monoisotopic (exact) mass is 497 g/mol. The molecule has 0 saturated carbocycles. The third-order valence-corrected chi connectivity index (χ3v) is 8.31. The first kappa shape index (κ1) is 24.3. The third-order valence-electron chi connectivity index (χ3n) is 7.65. The van der Waals surface area contributed by atoms with Gasteiger partial charge in [-0.05, 0) is 68.2 Å². The quantitative estimate of drug-likeness (QED) is 0.405. The number of hydrogen-bond acceptors (Lipinski definition) is 5. The maximum atomic E-state index is 16.0. The van der Waals surface area contributed by atoms with Crippen LogP contribution >= 0.6 is 11.8 Å². The third kappa shape index (κ3) is 4.83. The fourth-order valence-corrected chi connectivity index (χ4v) is 6.11. The predicted octanol–water partition coefficient (Wildman–Crippen LogP) is 5.76. The van der Waals surface area contributed by atoms with Gasteiger partial charge in [0.15, 0.2) is 10.8 Å². The summed E-state index contributed by atoms with van der Waals surface area (Å²) in [7, 11) is 0. The highest BCUT2D eigenvalue weighted by molar-refractivity contribution is 7.98. The molecule has 2 aliphatic heterocycles. The Bertz CT molecular complexity index is 1200. The first-order chi connectivity index (χ1) is 16.9. The van der Waals surface area contributed by atoms with Gasteiger partial charge in [0.05, 0.1) is 11.0 Å². The van der Waals surface area contributed by atoms with Gasteiger partial charge in [-0.25, -0.2) is 13.8 Å². The van der Waals surface area contributed by atoms with Crippen molar-refractivity contribution in [3.63, 3.8) is 0 Å². The average molecular weight is 498 g/mol. The topological polar surface area (TPSA) is 37.2 Å². The van der Waals surface area contributed by atoms with E-state index in [9.17, 15) is 4.39 Å². The van der Waals surface area contributed by atoms with E-state index in [2.05, 4.69) is 25.9 Å². The Balaban J connectivity index is 1.22. The largest absolute Gasteiger partial charge is 0.373 e. The lowest BCUT2D eigenvalue weighted by Crippen LogP contribution is -2.47. The average Bonchev–Trinajstić information content (AvgIpc) is 3.23. The molecule has 0 amide bonds. The summed E-state index contributed by atoms with van der Waals surface area (Å²) in [5, 5.41) is 0.908. The van der Waals surface area contributed by atoms with E-state index in [1.165, 1.54) is 5.56 Å². The van der Waals surface area contributed by atoms with Crippen molar-refractivity contribution in [1.82, 2.24) is 24.3 Å².